The van der Waals surface area contributed by atoms with E-state index in [0.717, 1.165) is 0 Å². The van der Waals surface area contributed by atoms with Crippen LogP contribution in [0.1, 0.15) is 0 Å². The van der Waals surface area contributed by atoms with Gasteiger partial charge < -0.3 is 0 Å². The Kier molecular flexibility index (Phi) is 4.05. The van der Waals surface area contributed by atoms with E-state index < -0.39 is 0 Å². The fourth-order valence-electron chi connectivity index (χ4n) is 0. The minimum atomic E-state index is 0.190. The molecule has 0 radical (unpaired) electrons. The molecule has 0 heterocycles. The van der Waals surface area contributed by atoms with Gasteiger partial charge in [-0.15, -0.1) is 0 Å². The van der Waals surface area contributed by atoms with Crippen LogP contribution >= 0.6 is 36.6 Å². The summed E-state index contributed by atoms with van der Waals surface area (Å²) in [6, 6.07) is 0. The van der Waals surface area contributed by atoms with E-state index in [2.05, 4.69) is 25.0 Å². The molecule has 0 saturated carbocycles. The third-order valence-corrected chi connectivity index (χ3v) is 1.90. The zero-order valence-corrected chi connectivity index (χ0v) is 5.49. The summed E-state index contributed by atoms with van der Waals surface area (Å²) in [5.41, 5.74) is 0. The van der Waals surface area contributed by atoms with Gasteiger partial charge in [0.25, 0.3) is 0 Å². The number of hydrogen-bond acceptors (Lipinski definition) is 3. The monoisotopic (exact) mass is 124 g/mol. The van der Waals surface area contributed by atoms with Crippen molar-refractivity contribution in [2.75, 3.05) is 6.26 Å². The summed E-state index contributed by atoms with van der Waals surface area (Å²) < 4.78 is 0.190. The Balaban J connectivity index is 2.54. The minimum absolute atomic E-state index is 0.190. The van der Waals surface area contributed by atoms with E-state index >= 15 is 0 Å². The average Bonchev–Trinajstić information content (AvgIpc) is 1.38. The summed E-state index contributed by atoms with van der Waals surface area (Å²) in [6.07, 6.45) is 1.96. The van der Waals surface area contributed by atoms with E-state index in [1.54, 1.807) is 11.6 Å². The van der Waals surface area contributed by atoms with Gasteiger partial charge in [0.2, 0.25) is 0 Å². The molecule has 0 aromatic rings. The Bertz CT molecular complexity index is 20.9. The lowest BCUT2D eigenvalue weighted by atomic mass is 10.7. The lowest BCUT2D eigenvalue weighted by Gasteiger charge is -1.82. The highest BCUT2D eigenvalue weighted by atomic mass is 32.2. The van der Waals surface area contributed by atoms with Crippen molar-refractivity contribution in [2.24, 2.45) is 0 Å². The van der Waals surface area contributed by atoms with Gasteiger partial charge in [-0.05, 0) is 6.26 Å². The van der Waals surface area contributed by atoms with E-state index in [9.17, 15) is 0 Å². The Morgan fingerprint density at radius 3 is 1.80 bits per heavy atom. The largest absolute Gasteiger partial charge is 0.334 e. The van der Waals surface area contributed by atoms with Crippen LogP contribution in [0.25, 0.3) is 0 Å². The normalized spacial score (nSPS) is 7.80. The van der Waals surface area contributed by atoms with E-state index in [1.165, 1.54) is 0 Å². The molecule has 30 valence electrons. The Labute approximate surface area is 47.7 Å². The van der Waals surface area contributed by atoms with Crippen molar-refractivity contribution in [1.82, 2.24) is 0 Å². The van der Waals surface area contributed by atoms with E-state index in [0.29, 0.717) is 0 Å². The molecule has 0 aliphatic carbocycles. The van der Waals surface area contributed by atoms with Crippen molar-refractivity contribution in [2.45, 2.75) is 0 Å². The third kappa shape index (κ3) is 5.11. The van der Waals surface area contributed by atoms with Crippen molar-refractivity contribution in [3.63, 3.8) is 0 Å². The molecule has 0 saturated heterocycles. The molecule has 0 spiro atoms. The maximum Gasteiger partial charge on any atom is 0.334 e. The molecular weight excluding hydrogens is 119 g/mol. The predicted octanol–water partition coefficient (Wildman–Crippen LogP) is 1.19. The second-order valence-corrected chi connectivity index (χ2v) is 3.64. The van der Waals surface area contributed by atoms with Crippen LogP contribution in [0.5, 0.6) is 0 Å². The lowest BCUT2D eigenvalue weighted by molar-refractivity contribution is 2.54. The van der Waals surface area contributed by atoms with Crippen LogP contribution in [-0.2, 0) is 0 Å². The van der Waals surface area contributed by atoms with Gasteiger partial charge in [0.05, 0.1) is 0 Å². The smallest absolute Gasteiger partial charge is 0.202 e. The van der Waals surface area contributed by atoms with Crippen LogP contribution in [-0.4, -0.2) is 10.8 Å². The average molecular weight is 124 g/mol. The van der Waals surface area contributed by atoms with Gasteiger partial charge in [-0.3, -0.25) is 0 Å². The highest BCUT2D eigenvalue weighted by molar-refractivity contribution is 8.68. The van der Waals surface area contributed by atoms with Gasteiger partial charge >= 0.3 is 4.55 Å². The van der Waals surface area contributed by atoms with Gasteiger partial charge in [-0.25, -0.2) is 25.0 Å². The molecule has 0 aliphatic rings. The Hall–Kier alpha value is 1.11. The zero-order valence-electron chi connectivity index (χ0n) is 2.88. The van der Waals surface area contributed by atoms with Gasteiger partial charge in [0.1, 0.15) is 0 Å². The third-order valence-electron chi connectivity index (χ3n) is 0.211. The summed E-state index contributed by atoms with van der Waals surface area (Å²) in [4.78, 5) is 0. The topological polar surface area (TPSA) is 0 Å². The zero-order chi connectivity index (χ0) is 4.28. The van der Waals surface area contributed by atoms with Crippen LogP contribution < -0.4 is 0 Å². The molecule has 4 heteroatoms. The standard InChI is InChI=1S/CH5BS3/c1-5-2(3)4/h3-4H,1H3. The summed E-state index contributed by atoms with van der Waals surface area (Å²) in [5, 5.41) is 0. The maximum absolute atomic E-state index is 3.93. The molecule has 0 fully saturated rings. The molecule has 0 rings (SSSR count). The van der Waals surface area contributed by atoms with Crippen molar-refractivity contribution < 1.29 is 0 Å². The van der Waals surface area contributed by atoms with Crippen LogP contribution in [0.4, 0.5) is 0 Å². The van der Waals surface area contributed by atoms with Gasteiger partial charge in [-0.2, -0.15) is 11.6 Å². The number of hydrogen-bond donors (Lipinski definition) is 2. The molecule has 0 amide bonds. The van der Waals surface area contributed by atoms with Crippen LogP contribution in [0.3, 0.4) is 0 Å². The molecule has 0 nitrogen and oxygen atoms in total. The molecular formula is CH5BS3. The molecule has 0 aliphatic heterocycles. The van der Waals surface area contributed by atoms with Gasteiger partial charge in [0, 0.05) is 0 Å². The van der Waals surface area contributed by atoms with E-state index in [1.807, 2.05) is 6.26 Å². The highest BCUT2D eigenvalue weighted by Crippen LogP contribution is 2.06. The fraction of sp³-hybridized carbons (Fsp3) is 1.00. The quantitative estimate of drug-likeness (QED) is 0.391. The van der Waals surface area contributed by atoms with Crippen LogP contribution in [0.2, 0.25) is 0 Å². The molecule has 0 N–H and O–H groups in total. The molecule has 0 aromatic carbocycles. The van der Waals surface area contributed by atoms with Gasteiger partial charge in [-0.1, -0.05) is 0 Å². The first-order valence-corrected chi connectivity index (χ1v) is 3.48. The van der Waals surface area contributed by atoms with Crippen molar-refractivity contribution in [3.8, 4) is 0 Å². The highest BCUT2D eigenvalue weighted by Gasteiger charge is 1.91. The number of thiol groups is 2. The summed E-state index contributed by atoms with van der Waals surface area (Å²) in [6.45, 7) is 0. The van der Waals surface area contributed by atoms with Crippen molar-refractivity contribution in [1.29, 1.82) is 0 Å². The second kappa shape index (κ2) is 3.31. The summed E-state index contributed by atoms with van der Waals surface area (Å²) >= 11 is 9.46. The van der Waals surface area contributed by atoms with E-state index in [4.69, 9.17) is 0 Å². The fourth-order valence-corrected chi connectivity index (χ4v) is 0. The number of rotatable bonds is 1. The van der Waals surface area contributed by atoms with Gasteiger partial charge in [0.15, 0.2) is 0 Å². The first kappa shape index (κ1) is 6.11. The molecule has 0 atom stereocenters. The minimum Gasteiger partial charge on any atom is -0.202 e. The molecule has 0 aromatic heterocycles. The van der Waals surface area contributed by atoms with Crippen molar-refractivity contribution >= 4 is 41.1 Å². The first-order valence-electron chi connectivity index (χ1n) is 1.16. The van der Waals surface area contributed by atoms with Crippen LogP contribution in [0, 0.1) is 0 Å². The molecule has 0 bridgehead atoms. The molecule has 0 unspecified atom stereocenters. The van der Waals surface area contributed by atoms with Crippen LogP contribution in [0.15, 0.2) is 0 Å². The second-order valence-electron chi connectivity index (χ2n) is 0.562. The van der Waals surface area contributed by atoms with Crippen molar-refractivity contribution in [3.05, 3.63) is 0 Å². The predicted molar refractivity (Wildman–Crippen MR) is 37.2 cm³/mol. The maximum atomic E-state index is 3.93. The molecule has 5 heavy (non-hydrogen) atoms. The lowest BCUT2D eigenvalue weighted by Crippen LogP contribution is -1.77. The Morgan fingerprint density at radius 1 is 1.60 bits per heavy atom. The SMILES string of the molecule is CSB(S)S. The first-order chi connectivity index (χ1) is 2.27. The Morgan fingerprint density at radius 2 is 1.80 bits per heavy atom. The summed E-state index contributed by atoms with van der Waals surface area (Å²) in [7, 11) is 0. The summed E-state index contributed by atoms with van der Waals surface area (Å²) in [5.74, 6) is 0. The van der Waals surface area contributed by atoms with E-state index in [-0.39, 0.29) is 4.55 Å².